The third-order valence-corrected chi connectivity index (χ3v) is 4.01. The molecule has 2 rings (SSSR count). The first kappa shape index (κ1) is 15.1. The predicted molar refractivity (Wildman–Crippen MR) is 88.2 cm³/mol. The van der Waals surface area contributed by atoms with Crippen molar-refractivity contribution in [2.75, 3.05) is 19.0 Å². The van der Waals surface area contributed by atoms with Crippen LogP contribution in [0.4, 0.5) is 5.69 Å². The molecule has 0 heterocycles. The quantitative estimate of drug-likeness (QED) is 0.836. The number of hydrogen-bond acceptors (Lipinski definition) is 2. The van der Waals surface area contributed by atoms with Crippen LogP contribution in [-0.4, -0.2) is 13.7 Å². The van der Waals surface area contributed by atoms with Crippen molar-refractivity contribution in [2.24, 2.45) is 0 Å². The van der Waals surface area contributed by atoms with Gasteiger partial charge < -0.3 is 10.1 Å². The minimum atomic E-state index is 0.743. The normalized spacial score (nSPS) is 10.6. The van der Waals surface area contributed by atoms with E-state index >= 15 is 0 Å². The van der Waals surface area contributed by atoms with Crippen LogP contribution in [0.5, 0.6) is 0 Å². The molecular weight excluding hydrogens is 314 g/mol. The number of aryl methyl sites for hydroxylation is 1. The Bertz CT molecular complexity index is 569. The first-order chi connectivity index (χ1) is 9.70. The molecule has 0 bridgehead atoms. The Morgan fingerprint density at radius 3 is 2.65 bits per heavy atom. The Morgan fingerprint density at radius 1 is 1.10 bits per heavy atom. The predicted octanol–water partition coefficient (Wildman–Crippen LogP) is 4.56. The first-order valence-corrected chi connectivity index (χ1v) is 7.55. The highest BCUT2D eigenvalue weighted by Crippen LogP contribution is 2.21. The second-order valence-electron chi connectivity index (χ2n) is 4.85. The van der Waals surface area contributed by atoms with Crippen molar-refractivity contribution in [3.63, 3.8) is 0 Å². The maximum atomic E-state index is 5.16. The average molecular weight is 334 g/mol. The zero-order valence-electron chi connectivity index (χ0n) is 11.9. The first-order valence-electron chi connectivity index (χ1n) is 6.76. The van der Waals surface area contributed by atoms with Gasteiger partial charge in [0.25, 0.3) is 0 Å². The van der Waals surface area contributed by atoms with Crippen LogP contribution in [0.3, 0.4) is 0 Å². The third kappa shape index (κ3) is 4.09. The summed E-state index contributed by atoms with van der Waals surface area (Å²) in [6.45, 7) is 3.65. The molecule has 0 aliphatic rings. The maximum absolute atomic E-state index is 5.16. The van der Waals surface area contributed by atoms with Gasteiger partial charge in [-0.15, -0.1) is 0 Å². The van der Waals surface area contributed by atoms with Crippen molar-refractivity contribution in [2.45, 2.75) is 19.9 Å². The molecular formula is C17H20BrNO. The monoisotopic (exact) mass is 333 g/mol. The fourth-order valence-electron chi connectivity index (χ4n) is 2.11. The molecule has 2 aromatic rings. The molecule has 1 N–H and O–H groups in total. The van der Waals surface area contributed by atoms with Crippen molar-refractivity contribution in [3.05, 3.63) is 63.6 Å². The molecule has 20 heavy (non-hydrogen) atoms. The van der Waals surface area contributed by atoms with Gasteiger partial charge in [-0.05, 0) is 42.2 Å². The standard InChI is InChI=1S/C17H20BrNO/c1-13-7-8-15(16(18)11-13)12-19-17-6-4-3-5-14(17)9-10-20-2/h3-8,11,19H,9-10,12H2,1-2H3. The number of para-hydroxylation sites is 1. The second-order valence-corrected chi connectivity index (χ2v) is 5.70. The van der Waals surface area contributed by atoms with E-state index in [1.807, 2.05) is 0 Å². The molecule has 106 valence electrons. The van der Waals surface area contributed by atoms with E-state index in [0.717, 1.165) is 24.0 Å². The van der Waals surface area contributed by atoms with Crippen LogP contribution in [-0.2, 0) is 17.7 Å². The van der Waals surface area contributed by atoms with Crippen molar-refractivity contribution in [1.29, 1.82) is 0 Å². The van der Waals surface area contributed by atoms with Gasteiger partial charge in [-0.3, -0.25) is 0 Å². The van der Waals surface area contributed by atoms with Gasteiger partial charge in [-0.1, -0.05) is 46.3 Å². The Hall–Kier alpha value is -1.32. The lowest BCUT2D eigenvalue weighted by Crippen LogP contribution is -2.04. The smallest absolute Gasteiger partial charge is 0.0503 e. The molecule has 0 unspecified atom stereocenters. The van der Waals surface area contributed by atoms with Gasteiger partial charge in [0.05, 0.1) is 6.61 Å². The van der Waals surface area contributed by atoms with Crippen LogP contribution < -0.4 is 5.32 Å². The molecule has 0 aliphatic heterocycles. The minimum Gasteiger partial charge on any atom is -0.384 e. The highest BCUT2D eigenvalue weighted by Gasteiger charge is 2.03. The third-order valence-electron chi connectivity index (χ3n) is 3.27. The molecule has 0 aromatic heterocycles. The van der Waals surface area contributed by atoms with Crippen molar-refractivity contribution in [3.8, 4) is 0 Å². The molecule has 0 spiro atoms. The number of rotatable bonds is 6. The molecule has 0 radical (unpaired) electrons. The maximum Gasteiger partial charge on any atom is 0.0503 e. The highest BCUT2D eigenvalue weighted by molar-refractivity contribution is 9.10. The second kappa shape index (κ2) is 7.46. The van der Waals surface area contributed by atoms with Crippen molar-refractivity contribution < 1.29 is 4.74 Å². The van der Waals surface area contributed by atoms with E-state index in [2.05, 4.69) is 70.6 Å². The van der Waals surface area contributed by atoms with Gasteiger partial charge in [0.2, 0.25) is 0 Å². The number of benzene rings is 2. The fourth-order valence-corrected chi connectivity index (χ4v) is 2.74. The summed E-state index contributed by atoms with van der Waals surface area (Å²) >= 11 is 3.62. The number of nitrogens with one attached hydrogen (secondary N) is 1. The van der Waals surface area contributed by atoms with Gasteiger partial charge in [-0.25, -0.2) is 0 Å². The van der Waals surface area contributed by atoms with Crippen LogP contribution in [0, 0.1) is 6.92 Å². The van der Waals surface area contributed by atoms with Gasteiger partial charge in [-0.2, -0.15) is 0 Å². The molecule has 0 atom stereocenters. The molecule has 2 nitrogen and oxygen atoms in total. The van der Waals surface area contributed by atoms with E-state index in [0.29, 0.717) is 0 Å². The molecule has 2 aromatic carbocycles. The Balaban J connectivity index is 2.06. The van der Waals surface area contributed by atoms with Gasteiger partial charge >= 0.3 is 0 Å². The SMILES string of the molecule is COCCc1ccccc1NCc1ccc(C)cc1Br. The molecule has 0 saturated carbocycles. The summed E-state index contributed by atoms with van der Waals surface area (Å²) in [5.41, 5.74) is 4.99. The summed E-state index contributed by atoms with van der Waals surface area (Å²) in [7, 11) is 1.74. The fraction of sp³-hybridized carbons (Fsp3) is 0.294. The van der Waals surface area contributed by atoms with Gasteiger partial charge in [0.15, 0.2) is 0 Å². The topological polar surface area (TPSA) is 21.3 Å². The zero-order chi connectivity index (χ0) is 14.4. The van der Waals surface area contributed by atoms with Crippen LogP contribution in [0.2, 0.25) is 0 Å². The van der Waals surface area contributed by atoms with Gasteiger partial charge in [0, 0.05) is 23.8 Å². The number of halogens is 1. The van der Waals surface area contributed by atoms with E-state index in [-0.39, 0.29) is 0 Å². The van der Waals surface area contributed by atoms with Gasteiger partial charge in [0.1, 0.15) is 0 Å². The number of methoxy groups -OCH3 is 1. The number of hydrogen-bond donors (Lipinski definition) is 1. The average Bonchev–Trinajstić information content (AvgIpc) is 2.45. The van der Waals surface area contributed by atoms with Crippen LogP contribution in [0.1, 0.15) is 16.7 Å². The van der Waals surface area contributed by atoms with E-state index < -0.39 is 0 Å². The lowest BCUT2D eigenvalue weighted by molar-refractivity contribution is 0.202. The summed E-state index contributed by atoms with van der Waals surface area (Å²) in [6, 6.07) is 14.8. The number of anilines is 1. The largest absolute Gasteiger partial charge is 0.384 e. The summed E-state index contributed by atoms with van der Waals surface area (Å²) in [4.78, 5) is 0. The summed E-state index contributed by atoms with van der Waals surface area (Å²) < 4.78 is 6.31. The van der Waals surface area contributed by atoms with Crippen LogP contribution in [0.25, 0.3) is 0 Å². The molecule has 0 aliphatic carbocycles. The van der Waals surface area contributed by atoms with Crippen molar-refractivity contribution >= 4 is 21.6 Å². The van der Waals surface area contributed by atoms with Crippen LogP contribution >= 0.6 is 15.9 Å². The summed E-state index contributed by atoms with van der Waals surface area (Å²) in [5, 5.41) is 3.51. The van der Waals surface area contributed by atoms with E-state index in [1.165, 1.54) is 22.4 Å². The number of ether oxygens (including phenoxy) is 1. The van der Waals surface area contributed by atoms with E-state index in [9.17, 15) is 0 Å². The molecule has 0 amide bonds. The highest BCUT2D eigenvalue weighted by atomic mass is 79.9. The van der Waals surface area contributed by atoms with Crippen LogP contribution in [0.15, 0.2) is 46.9 Å². The Labute approximate surface area is 129 Å². The lowest BCUT2D eigenvalue weighted by atomic mass is 10.1. The Kier molecular flexibility index (Phi) is 5.62. The lowest BCUT2D eigenvalue weighted by Gasteiger charge is -2.13. The molecule has 3 heteroatoms. The van der Waals surface area contributed by atoms with E-state index in [4.69, 9.17) is 4.74 Å². The molecule has 0 fully saturated rings. The van der Waals surface area contributed by atoms with E-state index in [1.54, 1.807) is 7.11 Å². The minimum absolute atomic E-state index is 0.743. The zero-order valence-corrected chi connectivity index (χ0v) is 13.5. The molecule has 0 saturated heterocycles. The summed E-state index contributed by atoms with van der Waals surface area (Å²) in [5.74, 6) is 0. The summed E-state index contributed by atoms with van der Waals surface area (Å²) in [6.07, 6.45) is 0.925. The Morgan fingerprint density at radius 2 is 1.90 bits per heavy atom. The van der Waals surface area contributed by atoms with Crippen molar-refractivity contribution in [1.82, 2.24) is 0 Å².